The number of nitrogens with two attached hydrogens (primary N) is 2. The summed E-state index contributed by atoms with van der Waals surface area (Å²) in [7, 11) is 1.53. The van der Waals surface area contributed by atoms with Crippen molar-refractivity contribution in [3.63, 3.8) is 0 Å². The number of carbonyl (C=O) groups excluding carboxylic acids is 1. The maximum absolute atomic E-state index is 11.9. The van der Waals surface area contributed by atoms with Crippen molar-refractivity contribution in [2.75, 3.05) is 31.8 Å². The maximum atomic E-state index is 11.9. The minimum atomic E-state index is -0.587. The Morgan fingerprint density at radius 1 is 1.19 bits per heavy atom. The number of anilines is 2. The molecule has 4 N–H and O–H groups in total. The molecule has 0 saturated carbocycles. The first-order valence-corrected chi connectivity index (χ1v) is 7.63. The number of methoxy groups -OCH3 is 1. The third-order valence-electron chi connectivity index (χ3n) is 3.32. The van der Waals surface area contributed by atoms with Crippen molar-refractivity contribution in [1.29, 1.82) is 0 Å². The average Bonchev–Trinajstić information content (AvgIpc) is 2.63. The second-order valence-electron chi connectivity index (χ2n) is 5.16. The second-order valence-corrected chi connectivity index (χ2v) is 5.16. The van der Waals surface area contributed by atoms with Crippen LogP contribution in [-0.2, 0) is 16.1 Å². The fraction of sp³-hybridized carbons (Fsp3) is 0.250. The Hall–Kier alpha value is -3.56. The van der Waals surface area contributed by atoms with Gasteiger partial charge in [-0.3, -0.25) is 0 Å². The first kappa shape index (κ1) is 17.3. The molecule has 2 heterocycles. The predicted molar refractivity (Wildman–Crippen MR) is 91.5 cm³/mol. The molecule has 0 bridgehead atoms. The molecule has 1 aliphatic rings. The molecule has 0 fully saturated rings. The van der Waals surface area contributed by atoms with E-state index in [-0.39, 0.29) is 24.3 Å². The lowest BCUT2D eigenvalue weighted by Crippen LogP contribution is -2.16. The monoisotopic (exact) mass is 359 g/mol. The van der Waals surface area contributed by atoms with E-state index < -0.39 is 5.97 Å². The number of nitrogen functional groups attached to an aromatic ring is 2. The van der Waals surface area contributed by atoms with Crippen LogP contribution in [0.3, 0.4) is 0 Å². The number of aromatic nitrogens is 3. The van der Waals surface area contributed by atoms with Gasteiger partial charge in [-0.2, -0.15) is 15.0 Å². The van der Waals surface area contributed by atoms with Crippen LogP contribution in [0.4, 0.5) is 11.9 Å². The largest absolute Gasteiger partial charge is 0.493 e. The highest BCUT2D eigenvalue weighted by Gasteiger charge is 2.17. The number of esters is 1. The van der Waals surface area contributed by atoms with E-state index in [1.54, 1.807) is 18.2 Å². The van der Waals surface area contributed by atoms with Crippen LogP contribution in [0.15, 0.2) is 18.2 Å². The highest BCUT2D eigenvalue weighted by Crippen LogP contribution is 2.40. The zero-order valence-corrected chi connectivity index (χ0v) is 14.0. The molecule has 0 unspecified atom stereocenters. The molecule has 3 rings (SSSR count). The van der Waals surface area contributed by atoms with E-state index >= 15 is 0 Å². The fourth-order valence-electron chi connectivity index (χ4n) is 2.26. The fourth-order valence-corrected chi connectivity index (χ4v) is 2.26. The molecule has 0 aliphatic carbocycles. The first-order chi connectivity index (χ1) is 12.5. The van der Waals surface area contributed by atoms with Gasteiger partial charge in [-0.25, -0.2) is 4.79 Å². The molecule has 10 heteroatoms. The van der Waals surface area contributed by atoms with Crippen molar-refractivity contribution < 1.29 is 23.7 Å². The molecule has 2 aromatic rings. The van der Waals surface area contributed by atoms with E-state index in [0.29, 0.717) is 36.0 Å². The SMILES string of the molecule is COc1cc(/C=C/C(=O)OCc2nc(N)nc(N)n2)cc2c1OCCO2. The Labute approximate surface area is 148 Å². The van der Waals surface area contributed by atoms with Crippen LogP contribution < -0.4 is 25.7 Å². The molecule has 1 aromatic carbocycles. The molecule has 1 aromatic heterocycles. The number of carbonyl (C=O) groups is 1. The van der Waals surface area contributed by atoms with Crippen molar-refractivity contribution >= 4 is 23.9 Å². The number of benzene rings is 1. The van der Waals surface area contributed by atoms with Gasteiger partial charge in [0.2, 0.25) is 17.6 Å². The summed E-state index contributed by atoms with van der Waals surface area (Å²) in [5.41, 5.74) is 11.6. The quantitative estimate of drug-likeness (QED) is 0.574. The number of fused-ring (bicyclic) bond motifs is 1. The van der Waals surface area contributed by atoms with Crippen molar-refractivity contribution in [2.24, 2.45) is 0 Å². The molecule has 26 heavy (non-hydrogen) atoms. The van der Waals surface area contributed by atoms with Crippen molar-refractivity contribution in [3.05, 3.63) is 29.6 Å². The highest BCUT2D eigenvalue weighted by atomic mass is 16.6. The van der Waals surface area contributed by atoms with Crippen LogP contribution in [0.25, 0.3) is 6.08 Å². The standard InChI is InChI=1S/C16H17N5O5/c1-23-10-6-9(7-11-14(10)25-5-4-24-11)2-3-13(22)26-8-12-19-15(17)21-16(18)20-12/h2-3,6-7H,4-5,8H2,1H3,(H4,17,18,19,20,21)/b3-2+. The molecular weight excluding hydrogens is 342 g/mol. The van der Waals surface area contributed by atoms with Gasteiger partial charge in [0.15, 0.2) is 23.9 Å². The van der Waals surface area contributed by atoms with Gasteiger partial charge in [0.1, 0.15) is 13.2 Å². The normalized spacial score (nSPS) is 12.8. The lowest BCUT2D eigenvalue weighted by atomic mass is 10.1. The summed E-state index contributed by atoms with van der Waals surface area (Å²) in [6.45, 7) is 0.727. The zero-order chi connectivity index (χ0) is 18.5. The van der Waals surface area contributed by atoms with Crippen LogP contribution in [0.5, 0.6) is 17.2 Å². The molecule has 0 amide bonds. The summed E-state index contributed by atoms with van der Waals surface area (Å²) in [6, 6.07) is 3.47. The van der Waals surface area contributed by atoms with E-state index in [0.717, 1.165) is 0 Å². The minimum absolute atomic E-state index is 0.0394. The third kappa shape index (κ3) is 4.09. The van der Waals surface area contributed by atoms with Crippen LogP contribution >= 0.6 is 0 Å². The number of hydrogen-bond acceptors (Lipinski definition) is 10. The molecule has 0 spiro atoms. The van der Waals surface area contributed by atoms with E-state index in [1.807, 2.05) is 0 Å². The van der Waals surface area contributed by atoms with Crippen molar-refractivity contribution in [2.45, 2.75) is 6.61 Å². The van der Waals surface area contributed by atoms with Crippen molar-refractivity contribution in [1.82, 2.24) is 15.0 Å². The Morgan fingerprint density at radius 2 is 1.92 bits per heavy atom. The van der Waals surface area contributed by atoms with E-state index in [2.05, 4.69) is 15.0 Å². The average molecular weight is 359 g/mol. The maximum Gasteiger partial charge on any atom is 0.331 e. The third-order valence-corrected chi connectivity index (χ3v) is 3.32. The minimum Gasteiger partial charge on any atom is -0.493 e. The van der Waals surface area contributed by atoms with Crippen LogP contribution in [0, 0.1) is 0 Å². The molecule has 0 atom stereocenters. The summed E-state index contributed by atoms with van der Waals surface area (Å²) >= 11 is 0. The van der Waals surface area contributed by atoms with Crippen LogP contribution in [-0.4, -0.2) is 41.2 Å². The number of ether oxygens (including phenoxy) is 4. The Kier molecular flexibility index (Phi) is 5.02. The van der Waals surface area contributed by atoms with Gasteiger partial charge in [-0.15, -0.1) is 0 Å². The molecule has 10 nitrogen and oxygen atoms in total. The van der Waals surface area contributed by atoms with Gasteiger partial charge in [0, 0.05) is 6.08 Å². The number of rotatable bonds is 5. The Bertz CT molecular complexity index is 818. The lowest BCUT2D eigenvalue weighted by Gasteiger charge is -2.20. The lowest BCUT2D eigenvalue weighted by molar-refractivity contribution is -0.139. The van der Waals surface area contributed by atoms with E-state index in [9.17, 15) is 4.79 Å². The van der Waals surface area contributed by atoms with Crippen LogP contribution in [0.2, 0.25) is 0 Å². The van der Waals surface area contributed by atoms with Gasteiger partial charge >= 0.3 is 5.97 Å². The smallest absolute Gasteiger partial charge is 0.331 e. The van der Waals surface area contributed by atoms with Gasteiger partial charge in [0.05, 0.1) is 7.11 Å². The number of nitrogens with zero attached hydrogens (tertiary/aromatic N) is 3. The first-order valence-electron chi connectivity index (χ1n) is 7.63. The molecule has 1 aliphatic heterocycles. The highest BCUT2D eigenvalue weighted by molar-refractivity contribution is 5.87. The molecule has 0 radical (unpaired) electrons. The summed E-state index contributed by atoms with van der Waals surface area (Å²) in [5.74, 6) is 1.12. The zero-order valence-electron chi connectivity index (χ0n) is 14.0. The summed E-state index contributed by atoms with van der Waals surface area (Å²) < 4.78 is 21.4. The Balaban J connectivity index is 1.66. The summed E-state index contributed by atoms with van der Waals surface area (Å²) in [6.07, 6.45) is 2.83. The summed E-state index contributed by atoms with van der Waals surface area (Å²) in [5, 5.41) is 0. The Morgan fingerprint density at radius 3 is 2.65 bits per heavy atom. The van der Waals surface area contributed by atoms with E-state index in [4.69, 9.17) is 30.4 Å². The molecule has 136 valence electrons. The molecular formula is C16H17N5O5. The predicted octanol–water partition coefficient (Wildman–Crippen LogP) is 0.572. The van der Waals surface area contributed by atoms with Crippen molar-refractivity contribution in [3.8, 4) is 17.2 Å². The van der Waals surface area contributed by atoms with E-state index in [1.165, 1.54) is 13.2 Å². The van der Waals surface area contributed by atoms with Gasteiger partial charge in [0.25, 0.3) is 0 Å². The summed E-state index contributed by atoms with van der Waals surface area (Å²) in [4.78, 5) is 23.2. The topological polar surface area (TPSA) is 145 Å². The second kappa shape index (κ2) is 7.55. The van der Waals surface area contributed by atoms with Gasteiger partial charge in [-0.1, -0.05) is 0 Å². The van der Waals surface area contributed by atoms with Gasteiger partial charge in [-0.05, 0) is 23.8 Å². The van der Waals surface area contributed by atoms with Crippen LogP contribution in [0.1, 0.15) is 11.4 Å². The molecule has 0 saturated heterocycles. The number of hydrogen-bond donors (Lipinski definition) is 2. The van der Waals surface area contributed by atoms with Gasteiger partial charge < -0.3 is 30.4 Å².